The van der Waals surface area contributed by atoms with Crippen LogP contribution >= 0.6 is 11.6 Å². The Labute approximate surface area is 185 Å². The summed E-state index contributed by atoms with van der Waals surface area (Å²) in [5.41, 5.74) is 5.57. The average Bonchev–Trinajstić information content (AvgIpc) is 2.79. The van der Waals surface area contributed by atoms with E-state index in [-0.39, 0.29) is 17.7 Å². The molecule has 1 aliphatic heterocycles. The average molecular weight is 424 g/mol. The second-order valence-electron chi connectivity index (χ2n) is 8.25. The third-order valence-corrected chi connectivity index (χ3v) is 7.05. The molecule has 2 atom stereocenters. The zero-order valence-electron chi connectivity index (χ0n) is 16.8. The first kappa shape index (κ1) is 18.3. The first-order valence-corrected chi connectivity index (χ1v) is 10.6. The number of amides is 2. The number of rotatable bonds is 2. The first-order valence-electron chi connectivity index (χ1n) is 10.3. The molecule has 2 aliphatic carbocycles. The lowest BCUT2D eigenvalue weighted by Gasteiger charge is -2.56. The molecule has 3 nitrogen and oxygen atoms in total. The molecule has 6 rings (SSSR count). The molecule has 3 aromatic rings. The Morgan fingerprint density at radius 2 is 1.61 bits per heavy atom. The van der Waals surface area contributed by atoms with E-state index in [1.54, 1.807) is 7.05 Å². The lowest BCUT2D eigenvalue weighted by Crippen LogP contribution is -2.61. The van der Waals surface area contributed by atoms with E-state index in [9.17, 15) is 9.59 Å². The Morgan fingerprint density at radius 3 is 2.35 bits per heavy atom. The topological polar surface area (TPSA) is 37.4 Å². The lowest BCUT2D eigenvalue weighted by atomic mass is 9.46. The summed E-state index contributed by atoms with van der Waals surface area (Å²) in [4.78, 5) is 28.2. The van der Waals surface area contributed by atoms with Crippen LogP contribution in [0.25, 0.3) is 17.2 Å². The van der Waals surface area contributed by atoms with Crippen molar-refractivity contribution in [3.63, 3.8) is 0 Å². The molecule has 0 fully saturated rings. The second kappa shape index (κ2) is 6.29. The number of carbonyl (C=O) groups is 2. The molecular weight excluding hydrogens is 406 g/mol. The number of hydrogen-bond donors (Lipinski definition) is 0. The maximum absolute atomic E-state index is 13.9. The van der Waals surface area contributed by atoms with Gasteiger partial charge in [0.15, 0.2) is 0 Å². The molecule has 1 spiro atoms. The molecule has 150 valence electrons. The largest absolute Gasteiger partial charge is 0.281 e. The van der Waals surface area contributed by atoms with Crippen molar-refractivity contribution in [2.24, 2.45) is 5.92 Å². The minimum atomic E-state index is -0.914. The summed E-state index contributed by atoms with van der Waals surface area (Å²) in [6.45, 7) is 0. The Hall–Kier alpha value is -3.43. The van der Waals surface area contributed by atoms with Crippen LogP contribution in [0.1, 0.15) is 32.6 Å². The molecular formula is C27H18ClNO2. The van der Waals surface area contributed by atoms with Gasteiger partial charge in [0, 0.05) is 23.6 Å². The van der Waals surface area contributed by atoms with Gasteiger partial charge in [0.05, 0.1) is 0 Å². The van der Waals surface area contributed by atoms with Crippen LogP contribution in [-0.2, 0) is 10.2 Å². The Morgan fingerprint density at radius 1 is 0.871 bits per heavy atom. The van der Waals surface area contributed by atoms with Crippen LogP contribution in [0.4, 0.5) is 0 Å². The van der Waals surface area contributed by atoms with Gasteiger partial charge in [-0.2, -0.15) is 0 Å². The van der Waals surface area contributed by atoms with Crippen LogP contribution in [0, 0.1) is 5.92 Å². The standard InChI is InChI=1S/C27H18ClNO2/c1-29-25(30)20-9-5-8-17-12-15-21-22(16-6-3-2-4-7-16)24(18-10-13-19(28)14-11-18)27(21,23(17)20)26(29)31/h2-15,21H,1H3/t21-,27-/m1/s1. The quantitative estimate of drug-likeness (QED) is 0.513. The van der Waals surface area contributed by atoms with Crippen molar-refractivity contribution in [1.82, 2.24) is 4.90 Å². The summed E-state index contributed by atoms with van der Waals surface area (Å²) < 4.78 is 0. The molecule has 0 saturated heterocycles. The van der Waals surface area contributed by atoms with Gasteiger partial charge >= 0.3 is 0 Å². The zero-order valence-corrected chi connectivity index (χ0v) is 17.6. The fourth-order valence-electron chi connectivity index (χ4n) is 5.54. The van der Waals surface area contributed by atoms with Crippen LogP contribution in [0.5, 0.6) is 0 Å². The lowest BCUT2D eigenvalue weighted by molar-refractivity contribution is -0.133. The normalized spacial score (nSPS) is 23.4. The Bertz CT molecular complexity index is 1340. The number of benzene rings is 3. The summed E-state index contributed by atoms with van der Waals surface area (Å²) in [5.74, 6) is -0.557. The van der Waals surface area contributed by atoms with E-state index in [0.717, 1.165) is 33.4 Å². The van der Waals surface area contributed by atoms with Gasteiger partial charge in [0.1, 0.15) is 5.41 Å². The van der Waals surface area contributed by atoms with Crippen LogP contribution in [-0.4, -0.2) is 23.8 Å². The second-order valence-corrected chi connectivity index (χ2v) is 8.68. The maximum Gasteiger partial charge on any atom is 0.260 e. The minimum Gasteiger partial charge on any atom is -0.281 e. The minimum absolute atomic E-state index is 0.141. The molecule has 0 N–H and O–H groups in total. The molecule has 3 aliphatic rings. The van der Waals surface area contributed by atoms with Gasteiger partial charge in [-0.3, -0.25) is 14.5 Å². The van der Waals surface area contributed by atoms with E-state index in [4.69, 9.17) is 11.6 Å². The molecule has 3 aromatic carbocycles. The van der Waals surface area contributed by atoms with E-state index < -0.39 is 5.41 Å². The van der Waals surface area contributed by atoms with Gasteiger partial charge in [-0.15, -0.1) is 0 Å². The molecule has 0 bridgehead atoms. The Balaban J connectivity index is 1.75. The van der Waals surface area contributed by atoms with Crippen LogP contribution in [0.15, 0.2) is 78.9 Å². The highest BCUT2D eigenvalue weighted by molar-refractivity contribution is 6.31. The third-order valence-electron chi connectivity index (χ3n) is 6.80. The van der Waals surface area contributed by atoms with E-state index in [1.807, 2.05) is 60.7 Å². The number of allylic oxidation sites excluding steroid dienone is 2. The van der Waals surface area contributed by atoms with Crippen molar-refractivity contribution in [3.8, 4) is 0 Å². The van der Waals surface area contributed by atoms with Crippen molar-refractivity contribution in [2.75, 3.05) is 7.05 Å². The third kappa shape index (κ3) is 2.19. The number of imide groups is 1. The molecule has 0 radical (unpaired) electrons. The molecule has 0 aromatic heterocycles. The van der Waals surface area contributed by atoms with E-state index in [0.29, 0.717) is 10.6 Å². The first-order chi connectivity index (χ1) is 15.0. The van der Waals surface area contributed by atoms with Crippen molar-refractivity contribution >= 4 is 40.6 Å². The fourth-order valence-corrected chi connectivity index (χ4v) is 5.66. The molecule has 31 heavy (non-hydrogen) atoms. The van der Waals surface area contributed by atoms with Gasteiger partial charge in [-0.1, -0.05) is 78.4 Å². The van der Waals surface area contributed by atoms with E-state index in [1.165, 1.54) is 4.90 Å². The van der Waals surface area contributed by atoms with Gasteiger partial charge in [0.25, 0.3) is 5.91 Å². The smallest absolute Gasteiger partial charge is 0.260 e. The number of nitrogens with zero attached hydrogens (tertiary/aromatic N) is 1. The van der Waals surface area contributed by atoms with Crippen molar-refractivity contribution in [2.45, 2.75) is 5.41 Å². The molecule has 2 amide bonds. The van der Waals surface area contributed by atoms with Crippen LogP contribution < -0.4 is 0 Å². The monoisotopic (exact) mass is 423 g/mol. The van der Waals surface area contributed by atoms with Gasteiger partial charge in [-0.25, -0.2) is 0 Å². The van der Waals surface area contributed by atoms with Crippen molar-refractivity contribution < 1.29 is 9.59 Å². The van der Waals surface area contributed by atoms with Gasteiger partial charge < -0.3 is 0 Å². The SMILES string of the molecule is CN1C(=O)c2cccc3c2[C@@]2(C1=O)C(c1ccc(Cl)cc1)=C(c1ccccc1)[C@H]2C=C3. The predicted molar refractivity (Wildman–Crippen MR) is 122 cm³/mol. The van der Waals surface area contributed by atoms with Crippen molar-refractivity contribution in [3.05, 3.63) is 112 Å². The zero-order chi connectivity index (χ0) is 21.3. The number of likely N-dealkylation sites (N-methyl/N-ethyl adjacent to an activating group) is 1. The van der Waals surface area contributed by atoms with Crippen molar-refractivity contribution in [1.29, 1.82) is 0 Å². The van der Waals surface area contributed by atoms with E-state index >= 15 is 0 Å². The summed E-state index contributed by atoms with van der Waals surface area (Å²) in [7, 11) is 1.59. The van der Waals surface area contributed by atoms with Crippen LogP contribution in [0.3, 0.4) is 0 Å². The van der Waals surface area contributed by atoms with Crippen LogP contribution in [0.2, 0.25) is 5.02 Å². The summed E-state index contributed by atoms with van der Waals surface area (Å²) in [5, 5.41) is 0.644. The fraction of sp³-hybridized carbons (Fsp3) is 0.111. The van der Waals surface area contributed by atoms with E-state index in [2.05, 4.69) is 24.3 Å². The molecule has 0 unspecified atom stereocenters. The summed E-state index contributed by atoms with van der Waals surface area (Å²) in [6, 6.07) is 23.5. The summed E-state index contributed by atoms with van der Waals surface area (Å²) >= 11 is 6.18. The number of hydrogen-bond acceptors (Lipinski definition) is 2. The van der Waals surface area contributed by atoms with Gasteiger partial charge in [-0.05, 0) is 51.6 Å². The maximum atomic E-state index is 13.9. The summed E-state index contributed by atoms with van der Waals surface area (Å²) in [6.07, 6.45) is 4.17. The Kier molecular flexibility index (Phi) is 3.72. The predicted octanol–water partition coefficient (Wildman–Crippen LogP) is 5.46. The highest BCUT2D eigenvalue weighted by Gasteiger charge is 2.65. The highest BCUT2D eigenvalue weighted by Crippen LogP contribution is 2.66. The highest BCUT2D eigenvalue weighted by atomic mass is 35.5. The molecule has 0 saturated carbocycles. The van der Waals surface area contributed by atoms with Gasteiger partial charge in [0.2, 0.25) is 5.91 Å². The number of halogens is 1. The molecule has 4 heteroatoms. The number of carbonyl (C=O) groups excluding carboxylic acids is 2. The molecule has 1 heterocycles.